The van der Waals surface area contributed by atoms with Gasteiger partial charge in [0.25, 0.3) is 0 Å². The summed E-state index contributed by atoms with van der Waals surface area (Å²) in [7, 11) is 1.32. The van der Waals surface area contributed by atoms with Gasteiger partial charge in [0.15, 0.2) is 0 Å². The number of aromatic amines is 1. The van der Waals surface area contributed by atoms with Crippen molar-refractivity contribution in [1.82, 2.24) is 9.97 Å². The molecule has 0 unspecified atom stereocenters. The van der Waals surface area contributed by atoms with Crippen LogP contribution in [0.5, 0.6) is 0 Å². The Morgan fingerprint density at radius 2 is 2.32 bits per heavy atom. The maximum atomic E-state index is 11.6. The summed E-state index contributed by atoms with van der Waals surface area (Å²) < 4.78 is 10.3. The first-order valence-electron chi connectivity index (χ1n) is 5.84. The topological polar surface area (TPSA) is 68.1 Å². The Morgan fingerprint density at radius 3 is 2.89 bits per heavy atom. The zero-order valence-corrected chi connectivity index (χ0v) is 11.8. The van der Waals surface area contributed by atoms with Gasteiger partial charge in [-0.3, -0.25) is 0 Å². The van der Waals surface area contributed by atoms with Gasteiger partial charge in [-0.15, -0.1) is 0 Å². The van der Waals surface area contributed by atoms with Crippen LogP contribution in [0.3, 0.4) is 0 Å². The van der Waals surface area contributed by atoms with E-state index >= 15 is 0 Å². The molecule has 6 heteroatoms. The van der Waals surface area contributed by atoms with Crippen molar-refractivity contribution in [3.05, 3.63) is 34.0 Å². The Kier molecular flexibility index (Phi) is 3.80. The summed E-state index contributed by atoms with van der Waals surface area (Å²) in [6.07, 6.45) is 2.36. The summed E-state index contributed by atoms with van der Waals surface area (Å²) in [5.41, 5.74) is 1.78. The van der Waals surface area contributed by atoms with Gasteiger partial charge in [0.1, 0.15) is 21.8 Å². The third-order valence-electron chi connectivity index (χ3n) is 2.82. The average Bonchev–Trinajstić information content (AvgIpc) is 2.85. The van der Waals surface area contributed by atoms with Crippen LogP contribution in [0.1, 0.15) is 28.7 Å². The van der Waals surface area contributed by atoms with Crippen LogP contribution in [0.25, 0.3) is 11.4 Å². The number of aromatic nitrogens is 2. The molecular weight excluding hydrogens is 264 g/mol. The summed E-state index contributed by atoms with van der Waals surface area (Å²) in [5.74, 6) is 0.935. The lowest BCUT2D eigenvalue weighted by molar-refractivity contribution is 0.0598. The van der Waals surface area contributed by atoms with Crippen LogP contribution < -0.4 is 0 Å². The van der Waals surface area contributed by atoms with Crippen LogP contribution in [0, 0.1) is 11.6 Å². The highest BCUT2D eigenvalue weighted by molar-refractivity contribution is 7.71. The van der Waals surface area contributed by atoms with Crippen molar-refractivity contribution in [3.63, 3.8) is 0 Å². The Balaban J connectivity index is 2.58. The number of nitrogens with zero attached hydrogens (tertiary/aromatic N) is 1. The fraction of sp³-hybridized carbons (Fsp3) is 0.308. The lowest BCUT2D eigenvalue weighted by Gasteiger charge is -2.07. The molecule has 0 radical (unpaired) electrons. The summed E-state index contributed by atoms with van der Waals surface area (Å²) >= 11 is 5.16. The molecule has 0 aliphatic carbocycles. The van der Waals surface area contributed by atoms with Crippen LogP contribution in [0.4, 0.5) is 0 Å². The first kappa shape index (κ1) is 13.5. The minimum atomic E-state index is -0.485. The number of hydrogen-bond donors (Lipinski definition) is 1. The number of methoxy groups -OCH3 is 1. The molecule has 2 rings (SSSR count). The fourth-order valence-electron chi connectivity index (χ4n) is 1.88. The molecule has 1 N–H and O–H groups in total. The van der Waals surface area contributed by atoms with Crippen molar-refractivity contribution < 1.29 is 13.9 Å². The minimum Gasteiger partial charge on any atom is -0.469 e. The van der Waals surface area contributed by atoms with E-state index in [2.05, 4.69) is 14.7 Å². The second-order valence-corrected chi connectivity index (χ2v) is 4.38. The second kappa shape index (κ2) is 5.36. The molecule has 0 spiro atoms. The number of esters is 1. The summed E-state index contributed by atoms with van der Waals surface area (Å²) in [5, 5.41) is 0. The molecule has 19 heavy (non-hydrogen) atoms. The molecule has 5 nitrogen and oxygen atoms in total. The minimum absolute atomic E-state index is 0.223. The Labute approximate surface area is 115 Å². The third-order valence-corrected chi connectivity index (χ3v) is 3.11. The van der Waals surface area contributed by atoms with Crippen molar-refractivity contribution in [2.24, 2.45) is 0 Å². The van der Waals surface area contributed by atoms with Gasteiger partial charge in [-0.05, 0) is 13.0 Å². The molecule has 0 aliphatic rings. The molecule has 0 atom stereocenters. The normalized spacial score (nSPS) is 10.5. The first-order chi connectivity index (χ1) is 9.08. The van der Waals surface area contributed by atoms with Gasteiger partial charge < -0.3 is 14.1 Å². The SMILES string of the molecule is CCc1occc1-c1nc(=S)c(C(=O)OC)c(C)[nH]1. The second-order valence-electron chi connectivity index (χ2n) is 3.99. The van der Waals surface area contributed by atoms with Gasteiger partial charge in [0.2, 0.25) is 0 Å². The number of carbonyl (C=O) groups excluding carboxylic acids is 1. The number of furan rings is 1. The number of ether oxygens (including phenoxy) is 1. The van der Waals surface area contributed by atoms with E-state index in [1.165, 1.54) is 7.11 Å². The lowest BCUT2D eigenvalue weighted by Crippen LogP contribution is -2.09. The molecule has 2 aromatic rings. The maximum Gasteiger partial charge on any atom is 0.342 e. The smallest absolute Gasteiger partial charge is 0.342 e. The van der Waals surface area contributed by atoms with Crippen LogP contribution >= 0.6 is 12.2 Å². The van der Waals surface area contributed by atoms with Gasteiger partial charge >= 0.3 is 5.97 Å². The number of rotatable bonds is 3. The van der Waals surface area contributed by atoms with E-state index in [-0.39, 0.29) is 4.64 Å². The van der Waals surface area contributed by atoms with Crippen molar-refractivity contribution in [2.45, 2.75) is 20.3 Å². The predicted octanol–water partition coefficient (Wildman–Crippen LogP) is 3.06. The monoisotopic (exact) mass is 278 g/mol. The molecule has 100 valence electrons. The van der Waals surface area contributed by atoms with E-state index in [0.717, 1.165) is 17.7 Å². The van der Waals surface area contributed by atoms with E-state index in [1.54, 1.807) is 13.2 Å². The van der Waals surface area contributed by atoms with Gasteiger partial charge in [0.05, 0.1) is 18.9 Å². The standard InChI is InChI=1S/C13H14N2O3S/c1-4-9-8(5-6-18-9)11-14-7(2)10(12(19)15-11)13(16)17-3/h5-6H,4H2,1-3H3,(H,14,15,19). The molecule has 0 bridgehead atoms. The lowest BCUT2D eigenvalue weighted by atomic mass is 10.2. The molecule has 0 fully saturated rings. The Hall–Kier alpha value is -1.95. The summed E-state index contributed by atoms with van der Waals surface area (Å²) in [6, 6.07) is 1.82. The van der Waals surface area contributed by atoms with E-state index in [9.17, 15) is 4.79 Å². The average molecular weight is 278 g/mol. The van der Waals surface area contributed by atoms with E-state index in [0.29, 0.717) is 17.1 Å². The van der Waals surface area contributed by atoms with Gasteiger partial charge in [-0.1, -0.05) is 19.1 Å². The number of hydrogen-bond acceptors (Lipinski definition) is 5. The highest BCUT2D eigenvalue weighted by Crippen LogP contribution is 2.23. The molecule has 0 aliphatic heterocycles. The van der Waals surface area contributed by atoms with Crippen LogP contribution in [-0.2, 0) is 11.2 Å². The van der Waals surface area contributed by atoms with Gasteiger partial charge in [-0.25, -0.2) is 9.78 Å². The maximum absolute atomic E-state index is 11.6. The predicted molar refractivity (Wildman–Crippen MR) is 72.6 cm³/mol. The summed E-state index contributed by atoms with van der Waals surface area (Å²) in [6.45, 7) is 3.76. The number of carbonyl (C=O) groups is 1. The molecule has 0 saturated heterocycles. The molecule has 0 aromatic carbocycles. The van der Waals surface area contributed by atoms with Crippen molar-refractivity contribution in [2.75, 3.05) is 7.11 Å². The highest BCUT2D eigenvalue weighted by atomic mass is 32.1. The quantitative estimate of drug-likeness (QED) is 0.690. The number of aryl methyl sites for hydroxylation is 2. The Bertz CT molecular complexity index is 673. The molecule has 0 saturated carbocycles. The van der Waals surface area contributed by atoms with Crippen molar-refractivity contribution in [1.29, 1.82) is 0 Å². The van der Waals surface area contributed by atoms with E-state index in [1.807, 2.05) is 13.0 Å². The van der Waals surface area contributed by atoms with Crippen molar-refractivity contribution in [3.8, 4) is 11.4 Å². The van der Waals surface area contributed by atoms with Gasteiger partial charge in [0, 0.05) is 12.1 Å². The summed E-state index contributed by atoms with van der Waals surface area (Å²) in [4.78, 5) is 18.9. The fourth-order valence-corrected chi connectivity index (χ4v) is 2.21. The molecule has 0 amide bonds. The highest BCUT2D eigenvalue weighted by Gasteiger charge is 2.16. The van der Waals surface area contributed by atoms with Crippen LogP contribution in [0.15, 0.2) is 16.7 Å². The van der Waals surface area contributed by atoms with E-state index in [4.69, 9.17) is 16.6 Å². The van der Waals surface area contributed by atoms with Gasteiger partial charge in [-0.2, -0.15) is 0 Å². The first-order valence-corrected chi connectivity index (χ1v) is 6.25. The van der Waals surface area contributed by atoms with Crippen LogP contribution in [0.2, 0.25) is 0 Å². The third kappa shape index (κ3) is 2.44. The van der Waals surface area contributed by atoms with Crippen LogP contribution in [-0.4, -0.2) is 23.0 Å². The molecular formula is C13H14N2O3S. The largest absolute Gasteiger partial charge is 0.469 e. The zero-order chi connectivity index (χ0) is 14.0. The van der Waals surface area contributed by atoms with E-state index < -0.39 is 5.97 Å². The Morgan fingerprint density at radius 1 is 1.58 bits per heavy atom. The number of nitrogens with one attached hydrogen (secondary N) is 1. The van der Waals surface area contributed by atoms with Crippen molar-refractivity contribution >= 4 is 18.2 Å². The zero-order valence-electron chi connectivity index (χ0n) is 10.9. The number of H-pyrrole nitrogens is 1. The molecule has 2 aromatic heterocycles. The molecule has 2 heterocycles.